The number of nitrogens with zero attached hydrogens (tertiary/aromatic N) is 3. The highest BCUT2D eigenvalue weighted by Crippen LogP contribution is 2.57. The van der Waals surface area contributed by atoms with Crippen LogP contribution in [0.25, 0.3) is 93.7 Å². The Morgan fingerprint density at radius 1 is 0.597 bits per heavy atom. The predicted molar refractivity (Wildman–Crippen MR) is 272 cm³/mol. The van der Waals surface area contributed by atoms with Crippen LogP contribution in [-0.2, 0) is 16.2 Å². The average Bonchev–Trinajstić information content (AvgIpc) is 3.93. The molecule has 62 heavy (non-hydrogen) atoms. The van der Waals surface area contributed by atoms with Crippen molar-refractivity contribution in [1.29, 1.82) is 0 Å². The quantitative estimate of drug-likeness (QED) is 0.125. The SMILES string of the molecule is C=I1=c2c(n(-c3ccc4c(c3)C(C)(C)c3ccccc3-4)c3cc4ccc5c6c(ccc(c23)c46)cc2c5c3ncccc3n2-c2ccc3c(c2)C(C)(C)C2C=CC=CC32C)=CC=C1. The van der Waals surface area contributed by atoms with Gasteiger partial charge in [0.1, 0.15) is 0 Å². The predicted octanol–water partition coefficient (Wildman–Crippen LogP) is 14.1. The van der Waals surface area contributed by atoms with Crippen LogP contribution in [0.5, 0.6) is 0 Å². The molecule has 4 heteroatoms. The summed E-state index contributed by atoms with van der Waals surface area (Å²) < 4.78 is 13.8. The molecule has 3 aromatic heterocycles. The van der Waals surface area contributed by atoms with E-state index in [0.29, 0.717) is 5.92 Å². The average molecular weight is 910 g/mol. The summed E-state index contributed by atoms with van der Waals surface area (Å²) >= 11 is -1.89. The number of allylic oxidation sites excluding steroid dienone is 5. The van der Waals surface area contributed by atoms with Crippen LogP contribution in [0.2, 0.25) is 0 Å². The van der Waals surface area contributed by atoms with Crippen molar-refractivity contribution in [3.8, 4) is 22.5 Å². The topological polar surface area (TPSA) is 22.8 Å². The fourth-order valence-corrected chi connectivity index (χ4v) is 16.4. The maximum absolute atomic E-state index is 5.16. The second-order valence-electron chi connectivity index (χ2n) is 19.4. The van der Waals surface area contributed by atoms with Crippen LogP contribution in [0.4, 0.5) is 0 Å². The van der Waals surface area contributed by atoms with E-state index in [4.69, 9.17) is 9.50 Å². The molecular weight excluding hydrogens is 866 g/mol. The Kier molecular flexibility index (Phi) is 6.62. The Bertz CT molecular complexity index is 4030. The van der Waals surface area contributed by atoms with Crippen molar-refractivity contribution in [2.45, 2.75) is 50.9 Å². The van der Waals surface area contributed by atoms with Crippen molar-refractivity contribution >= 4 is 94.6 Å². The Balaban J connectivity index is 1.04. The van der Waals surface area contributed by atoms with Crippen molar-refractivity contribution in [1.82, 2.24) is 14.1 Å². The molecule has 0 N–H and O–H groups in total. The lowest BCUT2D eigenvalue weighted by atomic mass is 9.67. The van der Waals surface area contributed by atoms with E-state index in [2.05, 4.69) is 193 Å². The van der Waals surface area contributed by atoms with Crippen molar-refractivity contribution < 1.29 is 0 Å². The lowest BCUT2D eigenvalue weighted by Gasteiger charge is -2.36. The molecular formula is C58H44IN3. The first-order chi connectivity index (χ1) is 30.1. The maximum Gasteiger partial charge on any atom is 0.0969 e. The Labute approximate surface area is 366 Å². The molecule has 0 radical (unpaired) electrons. The highest BCUT2D eigenvalue weighted by Gasteiger charge is 2.51. The van der Waals surface area contributed by atoms with Crippen LogP contribution in [-0.4, -0.2) is 18.6 Å². The summed E-state index contributed by atoms with van der Waals surface area (Å²) in [5, 5.41) is 11.6. The van der Waals surface area contributed by atoms with Crippen LogP contribution in [0, 0.1) is 9.07 Å². The molecule has 1 aliphatic heterocycles. The van der Waals surface area contributed by atoms with Crippen molar-refractivity contribution in [3.63, 3.8) is 0 Å². The Morgan fingerprint density at radius 3 is 2.13 bits per heavy atom. The van der Waals surface area contributed by atoms with E-state index in [9.17, 15) is 0 Å². The number of benzene rings is 7. The van der Waals surface area contributed by atoms with E-state index in [0.717, 1.165) is 11.0 Å². The number of hydrogen-bond acceptors (Lipinski definition) is 1. The van der Waals surface area contributed by atoms with Gasteiger partial charge >= 0.3 is 0 Å². The molecule has 14 rings (SSSR count). The molecule has 0 saturated heterocycles. The minimum absolute atomic E-state index is 0.00857. The van der Waals surface area contributed by atoms with Gasteiger partial charge in [-0.1, -0.05) is 130 Å². The van der Waals surface area contributed by atoms with Gasteiger partial charge in [0.25, 0.3) is 0 Å². The number of hydrogen-bond donors (Lipinski definition) is 0. The molecule has 0 saturated carbocycles. The number of aromatic nitrogens is 3. The van der Waals surface area contributed by atoms with Gasteiger partial charge in [-0.15, -0.1) is 18.9 Å². The number of fused-ring (bicyclic) bond motifs is 14. The lowest BCUT2D eigenvalue weighted by Crippen LogP contribution is -2.33. The summed E-state index contributed by atoms with van der Waals surface area (Å²) in [5.74, 6) is 0.411. The summed E-state index contributed by atoms with van der Waals surface area (Å²) in [6, 6.07) is 42.1. The van der Waals surface area contributed by atoms with E-state index in [1.54, 1.807) is 0 Å². The summed E-state index contributed by atoms with van der Waals surface area (Å²) in [6.07, 6.45) is 15.9. The maximum atomic E-state index is 5.16. The normalized spacial score (nSPS) is 20.4. The van der Waals surface area contributed by atoms with Gasteiger partial charge in [-0.05, 0) is 136 Å². The largest absolute Gasteiger partial charge is 0.309 e. The van der Waals surface area contributed by atoms with Crippen LogP contribution in [0.15, 0.2) is 150 Å². The molecule has 10 aromatic rings. The van der Waals surface area contributed by atoms with Gasteiger partial charge in [0.2, 0.25) is 0 Å². The fraction of sp³-hybridized carbons (Fsp3) is 0.155. The molecule has 0 amide bonds. The first kappa shape index (κ1) is 35.4. The zero-order valence-electron chi connectivity index (χ0n) is 35.5. The number of pyridine rings is 1. The summed E-state index contributed by atoms with van der Waals surface area (Å²) in [4.78, 5) is 5.16. The molecule has 4 heterocycles. The van der Waals surface area contributed by atoms with Crippen LogP contribution in [0.3, 0.4) is 0 Å². The molecule has 3 nitrogen and oxygen atoms in total. The van der Waals surface area contributed by atoms with Gasteiger partial charge in [0.05, 0.1) is 27.4 Å². The van der Waals surface area contributed by atoms with Crippen LogP contribution < -0.4 is 5.35 Å². The first-order valence-corrected chi connectivity index (χ1v) is 25.7. The van der Waals surface area contributed by atoms with E-state index in [1.807, 2.05) is 6.20 Å². The highest BCUT2D eigenvalue weighted by molar-refractivity contribution is 14.2. The minimum Gasteiger partial charge on any atom is -0.309 e. The minimum atomic E-state index is -1.89. The van der Waals surface area contributed by atoms with E-state index in [1.165, 1.54) is 107 Å². The zero-order valence-corrected chi connectivity index (χ0v) is 37.7. The van der Waals surface area contributed by atoms with Gasteiger partial charge in [-0.3, -0.25) is 4.98 Å². The van der Waals surface area contributed by atoms with Crippen molar-refractivity contribution in [3.05, 3.63) is 181 Å². The molecule has 298 valence electrons. The number of rotatable bonds is 2. The Hall–Kier alpha value is -6.24. The van der Waals surface area contributed by atoms with Gasteiger partial charge in [-0.2, -0.15) is 0 Å². The van der Waals surface area contributed by atoms with Gasteiger partial charge in [0, 0.05) is 42.3 Å². The molecule has 2 atom stereocenters. The monoisotopic (exact) mass is 909 g/mol. The fourth-order valence-electron chi connectivity index (χ4n) is 12.9. The molecule has 0 fully saturated rings. The van der Waals surface area contributed by atoms with Gasteiger partial charge in [-0.25, -0.2) is 0 Å². The molecule has 2 unspecified atom stereocenters. The first-order valence-electron chi connectivity index (χ1n) is 21.9. The van der Waals surface area contributed by atoms with E-state index >= 15 is 0 Å². The molecule has 0 bridgehead atoms. The smallest absolute Gasteiger partial charge is 0.0969 e. The molecule has 7 aromatic carbocycles. The highest BCUT2D eigenvalue weighted by atomic mass is 127. The lowest BCUT2D eigenvalue weighted by molar-refractivity contribution is 0.324. The van der Waals surface area contributed by atoms with Crippen molar-refractivity contribution in [2.24, 2.45) is 5.92 Å². The Morgan fingerprint density at radius 2 is 1.31 bits per heavy atom. The van der Waals surface area contributed by atoms with Gasteiger partial charge < -0.3 is 9.13 Å². The third kappa shape index (κ3) is 4.16. The van der Waals surface area contributed by atoms with Crippen molar-refractivity contribution in [2.75, 3.05) is 0 Å². The third-order valence-corrected chi connectivity index (χ3v) is 19.4. The number of halogens is 1. The van der Waals surface area contributed by atoms with E-state index in [-0.39, 0.29) is 16.2 Å². The molecule has 0 spiro atoms. The molecule has 3 aliphatic carbocycles. The second kappa shape index (κ2) is 11.6. The third-order valence-electron chi connectivity index (χ3n) is 15.7. The zero-order chi connectivity index (χ0) is 41.6. The van der Waals surface area contributed by atoms with Crippen LogP contribution in [0.1, 0.15) is 56.9 Å². The van der Waals surface area contributed by atoms with E-state index < -0.39 is 18.9 Å². The molecule has 4 aliphatic rings. The standard InChI is InChI=1S/C58H44IN3/c1-56(2)41-14-8-7-13-37(41)38-24-20-35(31-43(38)56)61-45-15-11-27-59(6)54(45)52-39-22-18-34-30-48-53(40-23-19-33(29-47(52)61)50(39)51(34)40)55-46(16-12-28-60-55)62(48)36-21-25-42-44(32-36)57(3,4)49-17-9-10-26-58(42,49)5/h7-32,49H,6H2,1-5H3. The summed E-state index contributed by atoms with van der Waals surface area (Å²) in [5.41, 5.74) is 15.3. The van der Waals surface area contributed by atoms with Crippen LogP contribution >= 0.6 is 18.9 Å². The van der Waals surface area contributed by atoms with Gasteiger partial charge in [0.15, 0.2) is 0 Å². The summed E-state index contributed by atoms with van der Waals surface area (Å²) in [7, 11) is 0. The second-order valence-corrected chi connectivity index (χ2v) is 23.5. The summed E-state index contributed by atoms with van der Waals surface area (Å²) in [6.45, 7) is 12.0.